The van der Waals surface area contributed by atoms with Crippen molar-refractivity contribution >= 4 is 0 Å². The van der Waals surface area contributed by atoms with Crippen molar-refractivity contribution in [2.45, 2.75) is 65.8 Å². The van der Waals surface area contributed by atoms with Crippen molar-refractivity contribution in [1.29, 1.82) is 0 Å². The molecule has 2 unspecified atom stereocenters. The normalized spacial score (nSPS) is 15.7. The lowest BCUT2D eigenvalue weighted by atomic mass is 10.0. The fourth-order valence-corrected chi connectivity index (χ4v) is 1.76. The summed E-state index contributed by atoms with van der Waals surface area (Å²) in [5.41, 5.74) is 0. The molecule has 0 aliphatic carbocycles. The Kier molecular flexibility index (Phi) is 8.53. The molecule has 0 aliphatic heterocycles. The Bertz CT molecular complexity index is 101. The molecule has 80 valence electrons. The second kappa shape index (κ2) is 8.55. The van der Waals surface area contributed by atoms with Gasteiger partial charge < -0.3 is 5.32 Å². The zero-order chi connectivity index (χ0) is 10.1. The third-order valence-electron chi connectivity index (χ3n) is 2.75. The molecular weight excluding hydrogens is 158 g/mol. The van der Waals surface area contributed by atoms with Gasteiger partial charge in [0.15, 0.2) is 0 Å². The first-order valence-corrected chi connectivity index (χ1v) is 5.97. The molecule has 0 saturated heterocycles. The van der Waals surface area contributed by atoms with Gasteiger partial charge in [0.1, 0.15) is 0 Å². The van der Waals surface area contributed by atoms with Gasteiger partial charge in [0.05, 0.1) is 0 Å². The summed E-state index contributed by atoms with van der Waals surface area (Å²) in [6.07, 6.45) is 6.62. The lowest BCUT2D eigenvalue weighted by molar-refractivity contribution is 0.392. The first-order chi connectivity index (χ1) is 6.24. The van der Waals surface area contributed by atoms with Crippen LogP contribution in [0.15, 0.2) is 0 Å². The highest BCUT2D eigenvalue weighted by atomic mass is 14.9. The molecule has 0 radical (unpaired) electrons. The Labute approximate surface area is 84.3 Å². The minimum absolute atomic E-state index is 0.705. The van der Waals surface area contributed by atoms with Crippen LogP contribution in [-0.2, 0) is 0 Å². The molecule has 0 aliphatic rings. The van der Waals surface area contributed by atoms with E-state index in [2.05, 4.69) is 33.0 Å². The minimum Gasteiger partial charge on any atom is -0.314 e. The summed E-state index contributed by atoms with van der Waals surface area (Å²) in [5.74, 6) is 0.893. The minimum atomic E-state index is 0.705. The second-order valence-corrected chi connectivity index (χ2v) is 4.16. The molecule has 0 aromatic rings. The number of rotatable bonds is 8. The third-order valence-corrected chi connectivity index (χ3v) is 2.75. The molecule has 0 rings (SSSR count). The summed E-state index contributed by atoms with van der Waals surface area (Å²) in [6.45, 7) is 10.3. The van der Waals surface area contributed by atoms with Crippen molar-refractivity contribution < 1.29 is 0 Å². The van der Waals surface area contributed by atoms with Crippen molar-refractivity contribution in [2.75, 3.05) is 6.54 Å². The van der Waals surface area contributed by atoms with E-state index in [0.717, 1.165) is 5.92 Å². The zero-order valence-electron chi connectivity index (χ0n) is 9.90. The van der Waals surface area contributed by atoms with Crippen LogP contribution in [0.2, 0.25) is 0 Å². The van der Waals surface area contributed by atoms with Crippen molar-refractivity contribution in [2.24, 2.45) is 5.92 Å². The standard InChI is InChI=1S/C12H27N/c1-5-8-11(4)13-10-12(7-3)9-6-2/h11-13H,5-10H2,1-4H3. The molecule has 0 aromatic carbocycles. The molecule has 0 fully saturated rings. The van der Waals surface area contributed by atoms with Crippen LogP contribution in [0.4, 0.5) is 0 Å². The van der Waals surface area contributed by atoms with Crippen LogP contribution in [0, 0.1) is 5.92 Å². The first-order valence-electron chi connectivity index (χ1n) is 5.97. The van der Waals surface area contributed by atoms with E-state index in [1.165, 1.54) is 38.6 Å². The van der Waals surface area contributed by atoms with Crippen LogP contribution < -0.4 is 5.32 Å². The van der Waals surface area contributed by atoms with Crippen LogP contribution in [-0.4, -0.2) is 12.6 Å². The fourth-order valence-electron chi connectivity index (χ4n) is 1.76. The lowest BCUT2D eigenvalue weighted by Crippen LogP contribution is -2.30. The summed E-state index contributed by atoms with van der Waals surface area (Å²) in [5, 5.41) is 3.62. The highest BCUT2D eigenvalue weighted by Crippen LogP contribution is 2.09. The van der Waals surface area contributed by atoms with Crippen LogP contribution in [0.5, 0.6) is 0 Å². The molecule has 0 spiro atoms. The lowest BCUT2D eigenvalue weighted by Gasteiger charge is -2.18. The summed E-state index contributed by atoms with van der Waals surface area (Å²) in [7, 11) is 0. The molecule has 0 saturated carbocycles. The molecule has 0 aromatic heterocycles. The highest BCUT2D eigenvalue weighted by molar-refractivity contribution is 4.65. The molecule has 13 heavy (non-hydrogen) atoms. The molecule has 1 heteroatoms. The van der Waals surface area contributed by atoms with Crippen molar-refractivity contribution in [3.63, 3.8) is 0 Å². The summed E-state index contributed by atoms with van der Waals surface area (Å²) >= 11 is 0. The molecule has 2 atom stereocenters. The van der Waals surface area contributed by atoms with Gasteiger partial charge in [-0.25, -0.2) is 0 Å². The molecule has 1 N–H and O–H groups in total. The third kappa shape index (κ3) is 7.06. The van der Waals surface area contributed by atoms with Gasteiger partial charge in [-0.1, -0.05) is 40.0 Å². The van der Waals surface area contributed by atoms with E-state index in [0.29, 0.717) is 6.04 Å². The van der Waals surface area contributed by atoms with Crippen LogP contribution >= 0.6 is 0 Å². The average Bonchev–Trinajstić information content (AvgIpc) is 2.12. The Hall–Kier alpha value is -0.0400. The Morgan fingerprint density at radius 1 is 1.00 bits per heavy atom. The summed E-state index contributed by atoms with van der Waals surface area (Å²) in [6, 6.07) is 0.705. The van der Waals surface area contributed by atoms with E-state index in [-0.39, 0.29) is 0 Å². The van der Waals surface area contributed by atoms with Crippen LogP contribution in [0.25, 0.3) is 0 Å². The maximum atomic E-state index is 3.62. The number of hydrogen-bond donors (Lipinski definition) is 1. The molecule has 0 amide bonds. The quantitative estimate of drug-likeness (QED) is 0.609. The Morgan fingerprint density at radius 2 is 1.62 bits per heavy atom. The van der Waals surface area contributed by atoms with Gasteiger partial charge in [-0.2, -0.15) is 0 Å². The van der Waals surface area contributed by atoms with E-state index < -0.39 is 0 Å². The smallest absolute Gasteiger partial charge is 0.00387 e. The van der Waals surface area contributed by atoms with Crippen molar-refractivity contribution in [3.05, 3.63) is 0 Å². The van der Waals surface area contributed by atoms with E-state index in [4.69, 9.17) is 0 Å². The fraction of sp³-hybridized carbons (Fsp3) is 1.00. The van der Waals surface area contributed by atoms with Crippen molar-refractivity contribution in [1.82, 2.24) is 5.32 Å². The molecule has 0 heterocycles. The maximum Gasteiger partial charge on any atom is 0.00387 e. The number of hydrogen-bond acceptors (Lipinski definition) is 1. The SMILES string of the molecule is CCCC(CC)CNC(C)CCC. The number of nitrogens with one attached hydrogen (secondary N) is 1. The van der Waals surface area contributed by atoms with Gasteiger partial charge in [0, 0.05) is 6.04 Å². The van der Waals surface area contributed by atoms with Gasteiger partial charge in [-0.05, 0) is 32.2 Å². The predicted molar refractivity (Wildman–Crippen MR) is 61.1 cm³/mol. The topological polar surface area (TPSA) is 12.0 Å². The first kappa shape index (κ1) is 13.0. The van der Waals surface area contributed by atoms with E-state index in [9.17, 15) is 0 Å². The summed E-state index contributed by atoms with van der Waals surface area (Å²) < 4.78 is 0. The molecule has 0 bridgehead atoms. The van der Waals surface area contributed by atoms with Gasteiger partial charge in [-0.15, -0.1) is 0 Å². The van der Waals surface area contributed by atoms with Gasteiger partial charge in [-0.3, -0.25) is 0 Å². The zero-order valence-corrected chi connectivity index (χ0v) is 9.90. The van der Waals surface area contributed by atoms with E-state index >= 15 is 0 Å². The highest BCUT2D eigenvalue weighted by Gasteiger charge is 2.06. The second-order valence-electron chi connectivity index (χ2n) is 4.16. The van der Waals surface area contributed by atoms with E-state index in [1.807, 2.05) is 0 Å². The summed E-state index contributed by atoms with van der Waals surface area (Å²) in [4.78, 5) is 0. The molecular formula is C12H27N. The molecule has 1 nitrogen and oxygen atoms in total. The predicted octanol–water partition coefficient (Wildman–Crippen LogP) is 3.59. The van der Waals surface area contributed by atoms with Gasteiger partial charge in [0.2, 0.25) is 0 Å². The largest absolute Gasteiger partial charge is 0.314 e. The Morgan fingerprint density at radius 3 is 2.08 bits per heavy atom. The van der Waals surface area contributed by atoms with Gasteiger partial charge in [0.25, 0.3) is 0 Å². The van der Waals surface area contributed by atoms with E-state index in [1.54, 1.807) is 0 Å². The van der Waals surface area contributed by atoms with Crippen LogP contribution in [0.1, 0.15) is 59.8 Å². The average molecular weight is 185 g/mol. The monoisotopic (exact) mass is 185 g/mol. The maximum absolute atomic E-state index is 3.62. The van der Waals surface area contributed by atoms with Gasteiger partial charge >= 0.3 is 0 Å². The van der Waals surface area contributed by atoms with Crippen LogP contribution in [0.3, 0.4) is 0 Å². The van der Waals surface area contributed by atoms with Crippen molar-refractivity contribution in [3.8, 4) is 0 Å². The Balaban J connectivity index is 3.46.